The maximum atomic E-state index is 8.29. The minimum atomic E-state index is -0.750. The van der Waals surface area contributed by atoms with Crippen LogP contribution < -0.4 is 0 Å². The molecule has 5 heteroatoms. The van der Waals surface area contributed by atoms with E-state index < -0.39 is 11.6 Å². The van der Waals surface area contributed by atoms with Crippen molar-refractivity contribution in [3.63, 3.8) is 0 Å². The fourth-order valence-corrected chi connectivity index (χ4v) is 0. The number of hydrogen-bond acceptors (Lipinski definition) is 2. The molecule has 0 unspecified atom stereocenters. The van der Waals surface area contributed by atoms with E-state index in [1.54, 1.807) is 0 Å². The van der Waals surface area contributed by atoms with Crippen molar-refractivity contribution in [3.8, 4) is 0 Å². The molecule has 2 radical (unpaired) electrons. The van der Waals surface area contributed by atoms with Crippen LogP contribution in [0.1, 0.15) is 0 Å². The van der Waals surface area contributed by atoms with Gasteiger partial charge in [0, 0.05) is 44.8 Å². The van der Waals surface area contributed by atoms with Crippen LogP contribution in [0, 0.1) is 0 Å². The maximum absolute atomic E-state index is 8.29. The van der Waals surface area contributed by atoms with Gasteiger partial charge in [-0.25, -0.2) is 0 Å². The summed E-state index contributed by atoms with van der Waals surface area (Å²) < 4.78 is 16.6. The van der Waals surface area contributed by atoms with E-state index in [1.165, 1.54) is 0 Å². The summed E-state index contributed by atoms with van der Waals surface area (Å²) in [5.41, 5.74) is 0. The minimum absolute atomic E-state index is 0. The molecule has 0 bridgehead atoms. The van der Waals surface area contributed by atoms with Crippen LogP contribution in [0.25, 0.3) is 0 Å². The van der Waals surface area contributed by atoms with Gasteiger partial charge in [-0.05, 0) is 0 Å². The summed E-state index contributed by atoms with van der Waals surface area (Å²) in [5.74, 6) is 0. The Morgan fingerprint density at radius 3 is 1.00 bits per heavy atom. The van der Waals surface area contributed by atoms with Crippen LogP contribution >= 0.6 is 0 Å². The van der Waals surface area contributed by atoms with Crippen LogP contribution in [-0.2, 0) is 56.3 Å². The number of rotatable bonds is 0. The smallest absolute Gasteiger partial charge is 0.168 e. The molecule has 0 heterocycles. The van der Waals surface area contributed by atoms with Crippen molar-refractivity contribution in [1.29, 1.82) is 0 Å². The Kier molecular flexibility index (Phi) is 60.2. The Hall–Kier alpha value is 1.30. The van der Waals surface area contributed by atoms with Gasteiger partial charge in [0.05, 0.1) is 0 Å². The van der Waals surface area contributed by atoms with Gasteiger partial charge in [-0.15, -0.1) is 0 Å². The largest absolute Gasteiger partial charge is 0.335 e. The molecule has 0 aromatic heterocycles. The van der Waals surface area contributed by atoms with Gasteiger partial charge in [0.1, 0.15) is 0 Å². The summed E-state index contributed by atoms with van der Waals surface area (Å²) in [6.45, 7) is 0. The van der Waals surface area contributed by atoms with E-state index in [0.29, 0.717) is 0 Å². The van der Waals surface area contributed by atoms with Gasteiger partial charge in [-0.2, -0.15) is 8.42 Å². The van der Waals surface area contributed by atoms with E-state index in [0.717, 1.165) is 0 Å². The molecule has 0 spiro atoms. The molecule has 0 atom stereocenters. The van der Waals surface area contributed by atoms with Crippen molar-refractivity contribution >= 4 is 11.6 Å². The first-order valence-corrected chi connectivity index (χ1v) is 1.00. The topological polar surface area (TPSA) is 34.1 Å². The quantitative estimate of drug-likeness (QED) is 0.551. The second-order valence-electron chi connectivity index (χ2n) is 0.0680. The zero-order valence-electron chi connectivity index (χ0n) is 1.83. The maximum Gasteiger partial charge on any atom is 0.335 e. The minimum Gasteiger partial charge on any atom is -0.168 e. The van der Waals surface area contributed by atoms with Crippen molar-refractivity contribution < 1.29 is 53.2 Å². The summed E-state index contributed by atoms with van der Waals surface area (Å²) in [4.78, 5) is 0. The molecule has 0 amide bonds. The first-order chi connectivity index (χ1) is 1.41. The Morgan fingerprint density at radius 1 is 1.00 bits per heavy atom. The zero-order valence-corrected chi connectivity index (χ0v) is 5.61. The van der Waals surface area contributed by atoms with Crippen LogP contribution in [0.15, 0.2) is 0 Å². The fourth-order valence-electron chi connectivity index (χ4n) is 0. The molecular weight excluding hydrogens is 280 g/mol. The van der Waals surface area contributed by atoms with Gasteiger partial charge in [0.15, 0.2) is 0 Å². The Labute approximate surface area is 64.3 Å². The Morgan fingerprint density at radius 2 is 1.00 bits per heavy atom. The van der Waals surface area contributed by atoms with Crippen molar-refractivity contribution in [2.45, 2.75) is 0 Å². The summed E-state index contributed by atoms with van der Waals surface area (Å²) in [7, 11) is 0. The van der Waals surface area contributed by atoms with Crippen molar-refractivity contribution in [2.24, 2.45) is 0 Å². The summed E-state index contributed by atoms with van der Waals surface area (Å²) in [6.07, 6.45) is 0. The van der Waals surface area contributed by atoms with Crippen molar-refractivity contribution in [2.75, 3.05) is 0 Å². The third-order valence-electron chi connectivity index (χ3n) is 0. The van der Waals surface area contributed by atoms with Crippen LogP contribution in [0.5, 0.6) is 0 Å². The van der Waals surface area contributed by atoms with Crippen LogP contribution in [0.4, 0.5) is 0 Å². The predicted octanol–water partition coefficient (Wildman–Crippen LogP) is -0.675. The van der Waals surface area contributed by atoms with Crippen molar-refractivity contribution in [3.05, 3.63) is 0 Å². The Balaban J connectivity index is -0.0000000200. The van der Waals surface area contributed by atoms with Crippen molar-refractivity contribution in [1.82, 2.24) is 0 Å². The van der Waals surface area contributed by atoms with Gasteiger partial charge in [-0.1, -0.05) is 0 Å². The van der Waals surface area contributed by atoms with Crippen LogP contribution in [0.3, 0.4) is 0 Å². The molecule has 0 aliphatic carbocycles. The summed E-state index contributed by atoms with van der Waals surface area (Å²) >= 11 is -0.750. The molecule has 0 saturated heterocycles. The molecule has 2 nitrogen and oxygen atoms in total. The average Bonchev–Trinajstić information content (AvgIpc) is 0.918. The van der Waals surface area contributed by atoms with Gasteiger partial charge in [0.2, 0.25) is 0 Å². The van der Waals surface area contributed by atoms with Crippen LogP contribution in [-0.4, -0.2) is 8.42 Å². The molecule has 5 heavy (non-hydrogen) atoms. The Bertz CT molecular complexity index is 28.6. The first kappa shape index (κ1) is 16.2. The normalized spacial score (nSPS) is 2.40. The van der Waals surface area contributed by atoms with E-state index in [2.05, 4.69) is 0 Å². The van der Waals surface area contributed by atoms with E-state index in [9.17, 15) is 0 Å². The molecule has 40 valence electrons. The second-order valence-corrected chi connectivity index (χ2v) is 0.204. The molecule has 0 aromatic carbocycles. The van der Waals surface area contributed by atoms with Gasteiger partial charge >= 0.3 is 11.6 Å². The summed E-state index contributed by atoms with van der Waals surface area (Å²) in [5, 5.41) is 0. The van der Waals surface area contributed by atoms with E-state index >= 15 is 0 Å². The second kappa shape index (κ2) is 18.5. The predicted molar refractivity (Wildman–Crippen MR) is 8.92 cm³/mol. The molecule has 0 aromatic rings. The van der Waals surface area contributed by atoms with Gasteiger partial charge < -0.3 is 0 Å². The molecule has 0 aliphatic heterocycles. The van der Waals surface area contributed by atoms with E-state index in [4.69, 9.17) is 8.42 Å². The van der Waals surface area contributed by atoms with Crippen LogP contribution in [0.2, 0.25) is 0 Å². The fraction of sp³-hybridized carbons (Fsp3) is 0. The molecule has 0 fully saturated rings. The van der Waals surface area contributed by atoms with E-state index in [-0.39, 0.29) is 44.8 Å². The molecule has 0 N–H and O–H groups in total. The monoisotopic (exact) mass is 278 g/mol. The standard InChI is InChI=1S/2Ag.O2S/c;;1-3-2. The SMILES string of the molecule is O=S=O.[Ag].[Ag]. The molecule has 0 rings (SSSR count). The third-order valence-corrected chi connectivity index (χ3v) is 0. The van der Waals surface area contributed by atoms with E-state index in [1.807, 2.05) is 0 Å². The zero-order chi connectivity index (χ0) is 2.71. The van der Waals surface area contributed by atoms with Gasteiger partial charge in [0.25, 0.3) is 0 Å². The summed E-state index contributed by atoms with van der Waals surface area (Å²) in [6, 6.07) is 0. The molecule has 0 saturated carbocycles. The molecule has 0 aliphatic rings. The molecular formula is Ag2O2S. The van der Waals surface area contributed by atoms with Gasteiger partial charge in [-0.3, -0.25) is 0 Å². The average molecular weight is 280 g/mol. The number of hydrogen-bond donors (Lipinski definition) is 0. The third kappa shape index (κ3) is 34.1. The first-order valence-electron chi connectivity index (χ1n) is 0.333.